The number of hydrogen-bond acceptors (Lipinski definition) is 3. The van der Waals surface area contributed by atoms with Crippen LogP contribution in [0.25, 0.3) is 0 Å². The Morgan fingerprint density at radius 3 is 3.09 bits per heavy atom. The third-order valence-electron chi connectivity index (χ3n) is 1.67. The fraction of sp³-hybridized carbons (Fsp3) is 0.250. The number of aryl methyl sites for hydroxylation is 1. The van der Waals surface area contributed by atoms with Crippen LogP contribution in [0.4, 0.5) is 0 Å². The predicted octanol–water partition coefficient (Wildman–Crippen LogP) is 1.75. The molecule has 0 radical (unpaired) electrons. The zero-order valence-corrected chi connectivity index (χ0v) is 6.16. The summed E-state index contributed by atoms with van der Waals surface area (Å²) in [6, 6.07) is 5.88. The van der Waals surface area contributed by atoms with E-state index in [4.69, 9.17) is 4.89 Å². The molecule has 1 aliphatic rings. The van der Waals surface area contributed by atoms with E-state index >= 15 is 0 Å². The van der Waals surface area contributed by atoms with E-state index in [0.717, 1.165) is 16.9 Å². The van der Waals surface area contributed by atoms with Crippen LogP contribution >= 0.6 is 0 Å². The molecule has 3 heteroatoms. The highest BCUT2D eigenvalue weighted by Gasteiger charge is 2.13. The zero-order chi connectivity index (χ0) is 7.68. The molecule has 58 valence electrons. The molecule has 1 aromatic carbocycles. The summed E-state index contributed by atoms with van der Waals surface area (Å²) in [6.45, 7) is 2.42. The van der Waals surface area contributed by atoms with Crippen LogP contribution in [0, 0.1) is 6.92 Å². The van der Waals surface area contributed by atoms with Crippen LogP contribution in [0.1, 0.15) is 11.1 Å². The van der Waals surface area contributed by atoms with Gasteiger partial charge in [-0.2, -0.15) is 4.89 Å². The van der Waals surface area contributed by atoms with E-state index < -0.39 is 0 Å². The maximum absolute atomic E-state index is 4.83. The maximum atomic E-state index is 4.83. The summed E-state index contributed by atoms with van der Waals surface area (Å²) in [5.74, 6) is 0.777. The Kier molecular flexibility index (Phi) is 1.52. The van der Waals surface area contributed by atoms with Crippen molar-refractivity contribution in [1.29, 1.82) is 0 Å². The van der Waals surface area contributed by atoms with Gasteiger partial charge < -0.3 is 4.89 Å². The molecule has 1 heterocycles. The molecule has 1 aliphatic heterocycles. The highest BCUT2D eigenvalue weighted by atomic mass is 17.5. The average Bonchev–Trinajstić information content (AvgIpc) is 2.06. The lowest BCUT2D eigenvalue weighted by Gasteiger charge is -2.15. The van der Waals surface area contributed by atoms with Crippen LogP contribution in [-0.2, 0) is 16.5 Å². The first-order chi connectivity index (χ1) is 5.38. The second kappa shape index (κ2) is 2.53. The molecule has 0 spiro atoms. The number of hydrogen-bond donors (Lipinski definition) is 0. The molecule has 0 N–H and O–H groups in total. The van der Waals surface area contributed by atoms with Crippen LogP contribution < -0.4 is 4.89 Å². The molecule has 0 saturated heterocycles. The van der Waals surface area contributed by atoms with E-state index in [0.29, 0.717) is 6.61 Å². The molecule has 0 atom stereocenters. The summed E-state index contributed by atoms with van der Waals surface area (Å²) in [5, 5.41) is 4.38. The lowest BCUT2D eigenvalue weighted by molar-refractivity contribution is -0.482. The Balaban J connectivity index is 2.49. The minimum atomic E-state index is 0.455. The highest BCUT2D eigenvalue weighted by Crippen LogP contribution is 2.27. The van der Waals surface area contributed by atoms with E-state index in [-0.39, 0.29) is 0 Å². The van der Waals surface area contributed by atoms with Gasteiger partial charge in [0.15, 0.2) is 5.75 Å². The quantitative estimate of drug-likeness (QED) is 0.530. The minimum absolute atomic E-state index is 0.455. The molecule has 0 amide bonds. The summed E-state index contributed by atoms with van der Waals surface area (Å²) in [4.78, 5) is 9.46. The molecule has 0 saturated carbocycles. The molecule has 0 fully saturated rings. The number of fused-ring (bicyclic) bond motifs is 1. The second-order valence-corrected chi connectivity index (χ2v) is 2.48. The standard InChI is InChI=1S/C8H8O3/c1-6-3-2-4-7-5-9-11-10-8(6)7/h2-4H,5H2,1H3. The topological polar surface area (TPSA) is 27.7 Å². The molecule has 1 aromatic rings. The number of rotatable bonds is 0. The van der Waals surface area contributed by atoms with Crippen LogP contribution in [0.5, 0.6) is 5.75 Å². The van der Waals surface area contributed by atoms with Gasteiger partial charge in [-0.05, 0) is 17.5 Å². The Morgan fingerprint density at radius 2 is 2.27 bits per heavy atom. The average molecular weight is 152 g/mol. The molecule has 11 heavy (non-hydrogen) atoms. The van der Waals surface area contributed by atoms with Crippen molar-refractivity contribution in [2.24, 2.45) is 0 Å². The number of para-hydroxylation sites is 1. The normalized spacial score (nSPS) is 15.4. The predicted molar refractivity (Wildman–Crippen MR) is 37.7 cm³/mol. The molecule has 0 aromatic heterocycles. The lowest BCUT2D eigenvalue weighted by Crippen LogP contribution is -2.09. The van der Waals surface area contributed by atoms with E-state index in [1.807, 2.05) is 25.1 Å². The van der Waals surface area contributed by atoms with Crippen molar-refractivity contribution < 1.29 is 14.8 Å². The largest absolute Gasteiger partial charge is 0.308 e. The van der Waals surface area contributed by atoms with Gasteiger partial charge in [0.1, 0.15) is 6.61 Å². The van der Waals surface area contributed by atoms with Gasteiger partial charge in [0.05, 0.1) is 0 Å². The smallest absolute Gasteiger partial charge is 0.177 e. The molecule has 2 rings (SSSR count). The summed E-state index contributed by atoms with van der Waals surface area (Å²) in [6.07, 6.45) is 0. The first-order valence-corrected chi connectivity index (χ1v) is 3.42. The van der Waals surface area contributed by atoms with Gasteiger partial charge in [-0.1, -0.05) is 18.2 Å². The third kappa shape index (κ3) is 1.08. The Hall–Kier alpha value is -1.06. The molecular formula is C8H8O3. The van der Waals surface area contributed by atoms with E-state index in [1.165, 1.54) is 0 Å². The zero-order valence-electron chi connectivity index (χ0n) is 6.16. The summed E-state index contributed by atoms with van der Waals surface area (Å²) < 4.78 is 0. The van der Waals surface area contributed by atoms with E-state index in [9.17, 15) is 0 Å². The van der Waals surface area contributed by atoms with Crippen molar-refractivity contribution >= 4 is 0 Å². The SMILES string of the molecule is Cc1cccc2c1OOOC2. The van der Waals surface area contributed by atoms with Crippen LogP contribution in [0.2, 0.25) is 0 Å². The molecule has 0 unspecified atom stereocenters. The summed E-state index contributed by atoms with van der Waals surface area (Å²) >= 11 is 0. The Labute approximate surface area is 64.4 Å². The van der Waals surface area contributed by atoms with E-state index in [2.05, 4.69) is 9.93 Å². The first-order valence-electron chi connectivity index (χ1n) is 3.42. The van der Waals surface area contributed by atoms with Gasteiger partial charge in [0.2, 0.25) is 0 Å². The molecular weight excluding hydrogens is 144 g/mol. The fourth-order valence-electron chi connectivity index (χ4n) is 1.09. The monoisotopic (exact) mass is 152 g/mol. The Morgan fingerprint density at radius 1 is 1.36 bits per heavy atom. The van der Waals surface area contributed by atoms with Crippen LogP contribution in [0.3, 0.4) is 0 Å². The summed E-state index contributed by atoms with van der Waals surface area (Å²) in [5.41, 5.74) is 2.09. The van der Waals surface area contributed by atoms with Gasteiger partial charge in [-0.25, -0.2) is 0 Å². The van der Waals surface area contributed by atoms with Gasteiger partial charge in [0, 0.05) is 5.56 Å². The first kappa shape index (κ1) is 6.64. The molecule has 0 aliphatic carbocycles. The van der Waals surface area contributed by atoms with E-state index in [1.54, 1.807) is 0 Å². The number of benzene rings is 1. The van der Waals surface area contributed by atoms with Crippen molar-refractivity contribution in [3.8, 4) is 5.75 Å². The summed E-state index contributed by atoms with van der Waals surface area (Å²) in [7, 11) is 0. The van der Waals surface area contributed by atoms with Gasteiger partial charge in [-0.3, -0.25) is 0 Å². The lowest BCUT2D eigenvalue weighted by atomic mass is 10.1. The third-order valence-corrected chi connectivity index (χ3v) is 1.67. The van der Waals surface area contributed by atoms with Gasteiger partial charge >= 0.3 is 0 Å². The minimum Gasteiger partial charge on any atom is -0.308 e. The second-order valence-electron chi connectivity index (χ2n) is 2.48. The fourth-order valence-corrected chi connectivity index (χ4v) is 1.09. The van der Waals surface area contributed by atoms with Crippen molar-refractivity contribution in [2.45, 2.75) is 13.5 Å². The van der Waals surface area contributed by atoms with Crippen molar-refractivity contribution in [3.05, 3.63) is 29.3 Å². The van der Waals surface area contributed by atoms with Crippen molar-refractivity contribution in [1.82, 2.24) is 0 Å². The maximum Gasteiger partial charge on any atom is 0.177 e. The Bertz CT molecular complexity index is 270. The van der Waals surface area contributed by atoms with Crippen molar-refractivity contribution in [3.63, 3.8) is 0 Å². The van der Waals surface area contributed by atoms with Crippen LogP contribution in [-0.4, -0.2) is 0 Å². The molecule has 0 bridgehead atoms. The molecule has 3 nitrogen and oxygen atoms in total. The van der Waals surface area contributed by atoms with Crippen LogP contribution in [0.15, 0.2) is 18.2 Å². The van der Waals surface area contributed by atoms with Gasteiger partial charge in [0.25, 0.3) is 0 Å². The van der Waals surface area contributed by atoms with Crippen molar-refractivity contribution in [2.75, 3.05) is 0 Å². The highest BCUT2D eigenvalue weighted by molar-refractivity contribution is 5.40. The van der Waals surface area contributed by atoms with Gasteiger partial charge in [-0.15, -0.1) is 0 Å².